The van der Waals surface area contributed by atoms with Gasteiger partial charge in [-0.2, -0.15) is 0 Å². The summed E-state index contributed by atoms with van der Waals surface area (Å²) in [5.41, 5.74) is 1.37. The van der Waals surface area contributed by atoms with Crippen molar-refractivity contribution in [3.05, 3.63) is 29.8 Å². The largest absolute Gasteiger partial charge is 0.306 e. The van der Waals surface area contributed by atoms with E-state index in [1.54, 1.807) is 6.07 Å². The first-order valence-electron chi connectivity index (χ1n) is 6.34. The molecule has 1 aliphatic rings. The van der Waals surface area contributed by atoms with Crippen LogP contribution in [-0.4, -0.2) is 11.0 Å². The highest BCUT2D eigenvalue weighted by Crippen LogP contribution is 2.37. The maximum atomic E-state index is 12.8. The topological polar surface area (TPSA) is 24.9 Å². The van der Waals surface area contributed by atoms with Gasteiger partial charge in [0.15, 0.2) is 0 Å². The molecule has 0 spiro atoms. The van der Waals surface area contributed by atoms with Crippen molar-refractivity contribution >= 4 is 0 Å². The van der Waals surface area contributed by atoms with Gasteiger partial charge in [-0.3, -0.25) is 4.98 Å². The van der Waals surface area contributed by atoms with Crippen molar-refractivity contribution in [1.82, 2.24) is 10.3 Å². The Bertz CT molecular complexity index is 372. The maximum absolute atomic E-state index is 12.8. The summed E-state index contributed by atoms with van der Waals surface area (Å²) in [6, 6.07) is 3.98. The summed E-state index contributed by atoms with van der Waals surface area (Å²) < 4.78 is 12.8. The van der Waals surface area contributed by atoms with Crippen LogP contribution in [0, 0.1) is 11.2 Å². The van der Waals surface area contributed by atoms with Gasteiger partial charge in [0.2, 0.25) is 0 Å². The molecule has 0 bridgehead atoms. The molecule has 2 nitrogen and oxygen atoms in total. The Balaban J connectivity index is 1.93. The van der Waals surface area contributed by atoms with Crippen molar-refractivity contribution in [2.75, 3.05) is 0 Å². The Morgan fingerprint density at radius 1 is 1.47 bits per heavy atom. The van der Waals surface area contributed by atoms with Crippen molar-refractivity contribution in [2.24, 2.45) is 5.41 Å². The Morgan fingerprint density at radius 3 is 2.76 bits per heavy atom. The van der Waals surface area contributed by atoms with Crippen LogP contribution in [0.5, 0.6) is 0 Å². The molecule has 0 radical (unpaired) electrons. The fourth-order valence-electron chi connectivity index (χ4n) is 2.66. The first-order chi connectivity index (χ1) is 7.96. The van der Waals surface area contributed by atoms with Crippen LogP contribution >= 0.6 is 0 Å². The fourth-order valence-corrected chi connectivity index (χ4v) is 2.66. The van der Waals surface area contributed by atoms with Gasteiger partial charge in [0.1, 0.15) is 5.82 Å². The monoisotopic (exact) mass is 236 g/mol. The van der Waals surface area contributed by atoms with Gasteiger partial charge in [-0.25, -0.2) is 4.39 Å². The zero-order chi connectivity index (χ0) is 12.5. The normalized spacial score (nSPS) is 24.8. The average Bonchev–Trinajstić information content (AvgIpc) is 2.59. The molecule has 1 heterocycles. The molecule has 0 saturated heterocycles. The number of rotatable bonds is 3. The number of hydrogen-bond donors (Lipinski definition) is 1. The molecule has 1 fully saturated rings. The lowest BCUT2D eigenvalue weighted by Crippen LogP contribution is -2.30. The quantitative estimate of drug-likeness (QED) is 0.869. The zero-order valence-corrected chi connectivity index (χ0v) is 10.8. The lowest BCUT2D eigenvalue weighted by Gasteiger charge is -2.21. The van der Waals surface area contributed by atoms with Crippen LogP contribution in [0.3, 0.4) is 0 Å². The Morgan fingerprint density at radius 2 is 2.24 bits per heavy atom. The van der Waals surface area contributed by atoms with Crippen LogP contribution in [0.4, 0.5) is 4.39 Å². The highest BCUT2D eigenvalue weighted by molar-refractivity contribution is 5.09. The van der Waals surface area contributed by atoms with Crippen molar-refractivity contribution in [3.8, 4) is 0 Å². The molecule has 1 aliphatic carbocycles. The zero-order valence-electron chi connectivity index (χ0n) is 10.8. The van der Waals surface area contributed by atoms with Crippen LogP contribution in [0.25, 0.3) is 0 Å². The first kappa shape index (κ1) is 12.5. The molecule has 1 saturated carbocycles. The first-order valence-corrected chi connectivity index (χ1v) is 6.34. The highest BCUT2D eigenvalue weighted by Gasteiger charge is 2.31. The Kier molecular flexibility index (Phi) is 3.48. The third-order valence-corrected chi connectivity index (χ3v) is 3.65. The van der Waals surface area contributed by atoms with E-state index in [4.69, 9.17) is 0 Å². The summed E-state index contributed by atoms with van der Waals surface area (Å²) >= 11 is 0. The molecule has 2 rings (SSSR count). The number of nitrogens with zero attached hydrogens (tertiary/aromatic N) is 1. The van der Waals surface area contributed by atoms with Crippen LogP contribution < -0.4 is 5.32 Å². The van der Waals surface area contributed by atoms with Gasteiger partial charge in [-0.1, -0.05) is 13.8 Å². The summed E-state index contributed by atoms with van der Waals surface area (Å²) in [5.74, 6) is -0.275. The standard InChI is InChI=1S/C14H21FN2/c1-10(13-5-4-11(15)9-16-13)17-12-6-7-14(2,3)8-12/h4-5,9-10,12,17H,6-8H2,1-3H3. The summed E-state index contributed by atoms with van der Waals surface area (Å²) in [7, 11) is 0. The number of pyridine rings is 1. The molecule has 2 unspecified atom stereocenters. The number of halogens is 1. The van der Waals surface area contributed by atoms with E-state index in [0.717, 1.165) is 5.69 Å². The van der Waals surface area contributed by atoms with Crippen LogP contribution in [0.2, 0.25) is 0 Å². The van der Waals surface area contributed by atoms with Crippen molar-refractivity contribution in [3.63, 3.8) is 0 Å². The predicted octanol–water partition coefficient (Wildman–Crippen LogP) is 3.45. The molecule has 1 aromatic heterocycles. The molecule has 0 aromatic carbocycles. The van der Waals surface area contributed by atoms with Gasteiger partial charge < -0.3 is 5.32 Å². The van der Waals surface area contributed by atoms with Crippen molar-refractivity contribution in [2.45, 2.75) is 52.1 Å². The lowest BCUT2D eigenvalue weighted by molar-refractivity contribution is 0.355. The average molecular weight is 236 g/mol. The third kappa shape index (κ3) is 3.25. The molecule has 1 N–H and O–H groups in total. The summed E-state index contributed by atoms with van der Waals surface area (Å²) in [6.07, 6.45) is 4.98. The van der Waals surface area contributed by atoms with Gasteiger partial charge in [-0.05, 0) is 43.7 Å². The summed E-state index contributed by atoms with van der Waals surface area (Å²) in [6.45, 7) is 6.72. The second-order valence-corrected chi connectivity index (χ2v) is 5.89. The van der Waals surface area contributed by atoms with E-state index in [1.807, 2.05) is 0 Å². The molecule has 0 aliphatic heterocycles. The van der Waals surface area contributed by atoms with Crippen LogP contribution in [0.15, 0.2) is 18.3 Å². The lowest BCUT2D eigenvalue weighted by atomic mass is 9.92. The van der Waals surface area contributed by atoms with E-state index in [-0.39, 0.29) is 11.9 Å². The molecular weight excluding hydrogens is 215 g/mol. The van der Waals surface area contributed by atoms with Gasteiger partial charge in [0.05, 0.1) is 11.9 Å². The fraction of sp³-hybridized carbons (Fsp3) is 0.643. The minimum absolute atomic E-state index is 0.189. The minimum Gasteiger partial charge on any atom is -0.306 e. The van der Waals surface area contributed by atoms with Gasteiger partial charge in [-0.15, -0.1) is 0 Å². The summed E-state index contributed by atoms with van der Waals surface area (Å²) in [4.78, 5) is 4.12. The maximum Gasteiger partial charge on any atom is 0.141 e. The van der Waals surface area contributed by atoms with Gasteiger partial charge in [0, 0.05) is 12.1 Å². The van der Waals surface area contributed by atoms with Gasteiger partial charge in [0.25, 0.3) is 0 Å². The molecule has 0 amide bonds. The summed E-state index contributed by atoms with van der Waals surface area (Å²) in [5, 5.41) is 3.59. The van der Waals surface area contributed by atoms with E-state index in [1.165, 1.54) is 31.5 Å². The molecule has 1 aromatic rings. The smallest absolute Gasteiger partial charge is 0.141 e. The van der Waals surface area contributed by atoms with E-state index < -0.39 is 0 Å². The third-order valence-electron chi connectivity index (χ3n) is 3.65. The molecule has 17 heavy (non-hydrogen) atoms. The Hall–Kier alpha value is -0.960. The SMILES string of the molecule is CC(NC1CCC(C)(C)C1)c1ccc(F)cn1. The Labute approximate surface area is 103 Å². The number of hydrogen-bond acceptors (Lipinski definition) is 2. The van der Waals surface area contributed by atoms with E-state index in [9.17, 15) is 4.39 Å². The van der Waals surface area contributed by atoms with Crippen LogP contribution in [-0.2, 0) is 0 Å². The number of nitrogens with one attached hydrogen (secondary N) is 1. The highest BCUT2D eigenvalue weighted by atomic mass is 19.1. The second-order valence-electron chi connectivity index (χ2n) is 5.89. The van der Waals surface area contributed by atoms with Crippen molar-refractivity contribution < 1.29 is 4.39 Å². The molecule has 94 valence electrons. The van der Waals surface area contributed by atoms with E-state index in [0.29, 0.717) is 11.5 Å². The molecular formula is C14H21FN2. The van der Waals surface area contributed by atoms with Crippen molar-refractivity contribution in [1.29, 1.82) is 0 Å². The van der Waals surface area contributed by atoms with Crippen LogP contribution in [0.1, 0.15) is 51.8 Å². The van der Waals surface area contributed by atoms with Gasteiger partial charge >= 0.3 is 0 Å². The molecule has 3 heteroatoms. The van der Waals surface area contributed by atoms with E-state index in [2.05, 4.69) is 31.1 Å². The predicted molar refractivity (Wildman–Crippen MR) is 67.2 cm³/mol. The van der Waals surface area contributed by atoms with E-state index >= 15 is 0 Å². The molecule has 2 atom stereocenters. The minimum atomic E-state index is -0.275. The second kappa shape index (κ2) is 4.73. The number of aromatic nitrogens is 1.